The van der Waals surface area contributed by atoms with E-state index in [1.54, 1.807) is 17.0 Å². The minimum absolute atomic E-state index is 0.00375. The number of likely N-dealkylation sites (tertiary alicyclic amines) is 1. The molecule has 1 fully saturated rings. The van der Waals surface area contributed by atoms with E-state index >= 15 is 0 Å². The van der Waals surface area contributed by atoms with Crippen molar-refractivity contribution in [1.82, 2.24) is 4.90 Å². The number of rotatable bonds is 4. The van der Waals surface area contributed by atoms with E-state index in [4.69, 9.17) is 5.73 Å². The van der Waals surface area contributed by atoms with Gasteiger partial charge in [0.05, 0.1) is 0 Å². The number of carbonyl (C=O) groups is 2. The molecule has 1 saturated heterocycles. The summed E-state index contributed by atoms with van der Waals surface area (Å²) >= 11 is 0. The van der Waals surface area contributed by atoms with Gasteiger partial charge in [-0.15, -0.1) is 0 Å². The van der Waals surface area contributed by atoms with Gasteiger partial charge in [-0.25, -0.2) is 0 Å². The third-order valence-corrected chi connectivity index (χ3v) is 3.14. The molecule has 0 spiro atoms. The highest BCUT2D eigenvalue weighted by Gasteiger charge is 2.28. The van der Waals surface area contributed by atoms with E-state index in [1.807, 2.05) is 13.0 Å². The molecule has 1 aromatic carbocycles. The van der Waals surface area contributed by atoms with Crippen molar-refractivity contribution in [2.45, 2.75) is 19.4 Å². The van der Waals surface area contributed by atoms with Crippen molar-refractivity contribution < 1.29 is 9.59 Å². The minimum Gasteiger partial charge on any atom is -0.335 e. The average molecular weight is 247 g/mol. The van der Waals surface area contributed by atoms with Gasteiger partial charge in [-0.2, -0.15) is 0 Å². The molecule has 18 heavy (non-hydrogen) atoms. The Bertz CT molecular complexity index is 467. The van der Waals surface area contributed by atoms with E-state index in [0.29, 0.717) is 25.1 Å². The molecule has 5 heteroatoms. The van der Waals surface area contributed by atoms with E-state index in [9.17, 15) is 9.59 Å². The van der Waals surface area contributed by atoms with Gasteiger partial charge >= 0.3 is 0 Å². The fourth-order valence-electron chi connectivity index (χ4n) is 2.08. The number of hydrogen-bond acceptors (Lipinski definition) is 3. The third kappa shape index (κ3) is 2.36. The van der Waals surface area contributed by atoms with E-state index in [0.717, 1.165) is 17.7 Å². The Hall–Kier alpha value is -1.88. The number of aryl methyl sites for hydroxylation is 1. The van der Waals surface area contributed by atoms with Gasteiger partial charge in [0.1, 0.15) is 0 Å². The molecule has 0 aliphatic carbocycles. The van der Waals surface area contributed by atoms with Crippen LogP contribution in [0.4, 0.5) is 5.69 Å². The Kier molecular flexibility index (Phi) is 3.62. The molecular formula is C13H17N3O2. The summed E-state index contributed by atoms with van der Waals surface area (Å²) in [5.74, 6) is 0.00375. The van der Waals surface area contributed by atoms with Gasteiger partial charge in [-0.05, 0) is 30.2 Å². The molecule has 1 aliphatic heterocycles. The fourth-order valence-corrected chi connectivity index (χ4v) is 2.08. The number of anilines is 1. The monoisotopic (exact) mass is 247 g/mol. The van der Waals surface area contributed by atoms with Gasteiger partial charge in [-0.3, -0.25) is 9.59 Å². The van der Waals surface area contributed by atoms with Gasteiger partial charge in [0, 0.05) is 30.4 Å². The van der Waals surface area contributed by atoms with Crippen molar-refractivity contribution in [3.8, 4) is 0 Å². The molecule has 1 aromatic rings. The molecule has 3 N–H and O–H groups in total. The van der Waals surface area contributed by atoms with Crippen LogP contribution in [0, 0.1) is 0 Å². The Morgan fingerprint density at radius 2 is 2.28 bits per heavy atom. The second-order valence-electron chi connectivity index (χ2n) is 4.46. The Morgan fingerprint density at radius 1 is 1.56 bits per heavy atom. The Labute approximate surface area is 106 Å². The topological polar surface area (TPSA) is 75.4 Å². The lowest BCUT2D eigenvalue weighted by atomic mass is 10.0. The lowest BCUT2D eigenvalue weighted by Crippen LogP contribution is -2.57. The number of nitrogens with one attached hydrogen (secondary N) is 1. The first kappa shape index (κ1) is 12.6. The highest BCUT2D eigenvalue weighted by molar-refractivity contribution is 5.95. The quantitative estimate of drug-likeness (QED) is 0.765. The van der Waals surface area contributed by atoms with Crippen LogP contribution >= 0.6 is 0 Å². The van der Waals surface area contributed by atoms with Gasteiger partial charge in [0.15, 0.2) is 0 Å². The summed E-state index contributed by atoms with van der Waals surface area (Å²) in [5, 5.41) is 2.63. The molecule has 0 aromatic heterocycles. The number of hydrogen-bond donors (Lipinski definition) is 2. The van der Waals surface area contributed by atoms with Crippen molar-refractivity contribution in [2.75, 3.05) is 18.4 Å². The maximum atomic E-state index is 12.1. The molecule has 0 radical (unpaired) electrons. The summed E-state index contributed by atoms with van der Waals surface area (Å²) in [4.78, 5) is 24.3. The van der Waals surface area contributed by atoms with Crippen molar-refractivity contribution in [3.63, 3.8) is 0 Å². The summed E-state index contributed by atoms with van der Waals surface area (Å²) in [6, 6.07) is 5.44. The van der Waals surface area contributed by atoms with Crippen LogP contribution in [0.3, 0.4) is 0 Å². The van der Waals surface area contributed by atoms with Crippen LogP contribution in [0.1, 0.15) is 22.8 Å². The molecule has 1 heterocycles. The number of carbonyl (C=O) groups excluding carboxylic acids is 2. The van der Waals surface area contributed by atoms with Crippen molar-refractivity contribution in [2.24, 2.45) is 5.73 Å². The van der Waals surface area contributed by atoms with Crippen molar-refractivity contribution in [3.05, 3.63) is 29.3 Å². The van der Waals surface area contributed by atoms with Crippen molar-refractivity contribution >= 4 is 18.0 Å². The van der Waals surface area contributed by atoms with Crippen LogP contribution in [0.2, 0.25) is 0 Å². The average Bonchev–Trinajstić information content (AvgIpc) is 2.35. The molecule has 1 aliphatic rings. The lowest BCUT2D eigenvalue weighted by Gasteiger charge is -2.37. The Morgan fingerprint density at radius 3 is 2.83 bits per heavy atom. The van der Waals surface area contributed by atoms with Crippen LogP contribution in [0.5, 0.6) is 0 Å². The van der Waals surface area contributed by atoms with Gasteiger partial charge in [0.2, 0.25) is 6.41 Å². The second-order valence-corrected chi connectivity index (χ2v) is 4.46. The largest absolute Gasteiger partial charge is 0.335 e. The van der Waals surface area contributed by atoms with Crippen LogP contribution < -0.4 is 11.1 Å². The smallest absolute Gasteiger partial charge is 0.253 e. The number of benzene rings is 1. The standard InChI is InChI=1S/C13H17N3O2/c1-2-9-5-10(3-4-12(9)15-8-17)13(18)16-6-11(14)7-16/h3-5,8,11H,2,6-7,14H2,1H3,(H,15,17). The SMILES string of the molecule is CCc1cc(C(=O)N2CC(N)C2)ccc1NC=O. The first-order chi connectivity index (χ1) is 8.65. The second kappa shape index (κ2) is 5.18. The zero-order valence-corrected chi connectivity index (χ0v) is 10.3. The van der Waals surface area contributed by atoms with Crippen LogP contribution in [-0.2, 0) is 11.2 Å². The van der Waals surface area contributed by atoms with Crippen LogP contribution in [0.25, 0.3) is 0 Å². The lowest BCUT2D eigenvalue weighted by molar-refractivity contribution is -0.105. The molecule has 2 amide bonds. The minimum atomic E-state index is 0.00375. The van der Waals surface area contributed by atoms with Gasteiger partial charge in [-0.1, -0.05) is 6.92 Å². The predicted molar refractivity (Wildman–Crippen MR) is 69.4 cm³/mol. The molecule has 2 rings (SSSR count). The summed E-state index contributed by atoms with van der Waals surface area (Å²) < 4.78 is 0. The molecule has 0 atom stereocenters. The summed E-state index contributed by atoms with van der Waals surface area (Å²) in [6.45, 7) is 3.22. The highest BCUT2D eigenvalue weighted by Crippen LogP contribution is 2.20. The van der Waals surface area contributed by atoms with Crippen LogP contribution in [-0.4, -0.2) is 36.3 Å². The molecule has 0 unspecified atom stereocenters. The maximum absolute atomic E-state index is 12.1. The van der Waals surface area contributed by atoms with E-state index in [1.165, 1.54) is 0 Å². The molecular weight excluding hydrogens is 230 g/mol. The normalized spacial score (nSPS) is 15.1. The number of amides is 2. The molecule has 5 nitrogen and oxygen atoms in total. The van der Waals surface area contributed by atoms with Gasteiger partial charge < -0.3 is 16.0 Å². The summed E-state index contributed by atoms with van der Waals surface area (Å²) in [7, 11) is 0. The summed E-state index contributed by atoms with van der Waals surface area (Å²) in [6.07, 6.45) is 1.40. The van der Waals surface area contributed by atoms with E-state index in [-0.39, 0.29) is 11.9 Å². The Balaban J connectivity index is 2.18. The predicted octanol–water partition coefficient (Wildman–Crippen LogP) is 0.600. The summed E-state index contributed by atoms with van der Waals surface area (Å²) in [5.41, 5.74) is 8.02. The fraction of sp³-hybridized carbons (Fsp3) is 0.385. The van der Waals surface area contributed by atoms with E-state index < -0.39 is 0 Å². The third-order valence-electron chi connectivity index (χ3n) is 3.14. The van der Waals surface area contributed by atoms with Crippen molar-refractivity contribution in [1.29, 1.82) is 0 Å². The number of nitrogens with zero attached hydrogens (tertiary/aromatic N) is 1. The molecule has 96 valence electrons. The first-order valence-corrected chi connectivity index (χ1v) is 6.03. The van der Waals surface area contributed by atoms with E-state index in [2.05, 4.69) is 5.32 Å². The highest BCUT2D eigenvalue weighted by atomic mass is 16.2. The first-order valence-electron chi connectivity index (χ1n) is 6.03. The maximum Gasteiger partial charge on any atom is 0.253 e. The molecule has 0 bridgehead atoms. The zero-order valence-electron chi connectivity index (χ0n) is 10.3. The van der Waals surface area contributed by atoms with Crippen LogP contribution in [0.15, 0.2) is 18.2 Å². The number of nitrogens with two attached hydrogens (primary N) is 1. The molecule has 0 saturated carbocycles. The van der Waals surface area contributed by atoms with Gasteiger partial charge in [0.25, 0.3) is 5.91 Å². The zero-order chi connectivity index (χ0) is 13.1.